The van der Waals surface area contributed by atoms with E-state index < -0.39 is 97.5 Å². The summed E-state index contributed by atoms with van der Waals surface area (Å²) in [4.78, 5) is 72.7. The third kappa shape index (κ3) is 67.3. The molecule has 3 N–H and O–H groups in total. The lowest BCUT2D eigenvalue weighted by Crippen LogP contribution is -2.30. The van der Waals surface area contributed by atoms with Crippen LogP contribution in [0.3, 0.4) is 0 Å². The third-order valence-electron chi connectivity index (χ3n) is 17.8. The van der Waals surface area contributed by atoms with E-state index in [4.69, 9.17) is 37.0 Å². The summed E-state index contributed by atoms with van der Waals surface area (Å²) in [6.45, 7) is 9.57. The molecule has 17 nitrogen and oxygen atoms in total. The van der Waals surface area contributed by atoms with Gasteiger partial charge in [-0.25, -0.2) is 9.13 Å². The number of aliphatic hydroxyl groups is 1. The minimum Gasteiger partial charge on any atom is -0.462 e. The van der Waals surface area contributed by atoms with Crippen LogP contribution >= 0.6 is 15.6 Å². The van der Waals surface area contributed by atoms with Crippen LogP contribution in [0.4, 0.5) is 0 Å². The summed E-state index contributed by atoms with van der Waals surface area (Å²) in [6, 6.07) is 0. The summed E-state index contributed by atoms with van der Waals surface area (Å²) < 4.78 is 68.5. The highest BCUT2D eigenvalue weighted by atomic mass is 31.2. The average molecular weight is 1380 g/mol. The lowest BCUT2D eigenvalue weighted by atomic mass is 10.00. The van der Waals surface area contributed by atoms with Gasteiger partial charge in [-0.1, -0.05) is 337 Å². The second-order valence-electron chi connectivity index (χ2n) is 27.8. The first-order chi connectivity index (χ1) is 45.4. The van der Waals surface area contributed by atoms with Gasteiger partial charge in [-0.15, -0.1) is 0 Å². The van der Waals surface area contributed by atoms with Crippen molar-refractivity contribution in [2.24, 2.45) is 11.8 Å². The Balaban J connectivity index is 5.24. The van der Waals surface area contributed by atoms with Crippen molar-refractivity contribution in [1.29, 1.82) is 0 Å². The number of hydrogen-bond acceptors (Lipinski definition) is 15. The zero-order valence-corrected chi connectivity index (χ0v) is 63.1. The monoisotopic (exact) mass is 1380 g/mol. The smallest absolute Gasteiger partial charge is 0.462 e. The van der Waals surface area contributed by atoms with E-state index in [2.05, 4.69) is 41.5 Å². The number of unbranched alkanes of at least 4 members (excludes halogenated alkanes) is 43. The maximum Gasteiger partial charge on any atom is 0.472 e. The number of rotatable bonds is 74. The highest BCUT2D eigenvalue weighted by Gasteiger charge is 2.30. The van der Waals surface area contributed by atoms with E-state index >= 15 is 0 Å². The maximum atomic E-state index is 13.1. The molecule has 0 aliphatic rings. The summed E-state index contributed by atoms with van der Waals surface area (Å²) in [5.41, 5.74) is 0. The quantitative estimate of drug-likeness (QED) is 0.0222. The van der Waals surface area contributed by atoms with Crippen molar-refractivity contribution < 1.29 is 80.2 Å². The van der Waals surface area contributed by atoms with Gasteiger partial charge in [-0.2, -0.15) is 0 Å². The van der Waals surface area contributed by atoms with E-state index in [0.717, 1.165) is 108 Å². The van der Waals surface area contributed by atoms with Crippen molar-refractivity contribution in [3.8, 4) is 0 Å². The molecule has 0 heterocycles. The zero-order chi connectivity index (χ0) is 69.3. The first kappa shape index (κ1) is 92.1. The Hall–Kier alpha value is -1.94. The van der Waals surface area contributed by atoms with Crippen LogP contribution in [-0.2, 0) is 65.4 Å². The molecule has 0 aromatic rings. The van der Waals surface area contributed by atoms with Crippen LogP contribution in [0.15, 0.2) is 0 Å². The molecule has 0 saturated heterocycles. The fourth-order valence-electron chi connectivity index (χ4n) is 11.4. The topological polar surface area (TPSA) is 237 Å². The highest BCUT2D eigenvalue weighted by molar-refractivity contribution is 7.47. The van der Waals surface area contributed by atoms with Crippen LogP contribution in [0.25, 0.3) is 0 Å². The Labute approximate surface area is 575 Å². The first-order valence-electron chi connectivity index (χ1n) is 39.0. The molecule has 0 aromatic carbocycles. The minimum atomic E-state index is -4.96. The van der Waals surface area contributed by atoms with Gasteiger partial charge in [-0.05, 0) is 37.5 Å². The van der Waals surface area contributed by atoms with E-state index in [1.165, 1.54) is 199 Å². The molecule has 0 amide bonds. The number of phosphoric acid groups is 2. The molecule has 0 aromatic heterocycles. The van der Waals surface area contributed by atoms with Gasteiger partial charge in [0.15, 0.2) is 12.2 Å². The number of phosphoric ester groups is 2. The molecule has 94 heavy (non-hydrogen) atoms. The SMILES string of the molecule is CCCCCCCCCCCCCCCCCC(=O)OC[C@H](COP(=O)(O)OC[C@@H](O)COP(=O)(O)OC[C@@H](COC(=O)CCCCCCCCC(C)CC)OC(=O)CCCCCCCCCCCCC)OC(=O)CCCCCCCCCCCCCCCCCC(C)C. The largest absolute Gasteiger partial charge is 0.472 e. The van der Waals surface area contributed by atoms with Gasteiger partial charge in [0.1, 0.15) is 19.3 Å². The molecule has 0 saturated carbocycles. The molecule has 0 radical (unpaired) electrons. The lowest BCUT2D eigenvalue weighted by molar-refractivity contribution is -0.161. The van der Waals surface area contributed by atoms with Crippen LogP contribution in [0.5, 0.6) is 0 Å². The molecule has 0 bridgehead atoms. The van der Waals surface area contributed by atoms with Gasteiger partial charge in [0.25, 0.3) is 0 Å². The molecule has 0 fully saturated rings. The molecule has 558 valence electrons. The molecular weight excluding hydrogens is 1230 g/mol. The second-order valence-corrected chi connectivity index (χ2v) is 30.7. The predicted octanol–water partition coefficient (Wildman–Crippen LogP) is 21.9. The summed E-state index contributed by atoms with van der Waals surface area (Å²) in [5, 5.41) is 10.6. The molecule has 0 aliphatic heterocycles. The van der Waals surface area contributed by atoms with E-state index in [9.17, 15) is 43.2 Å². The van der Waals surface area contributed by atoms with Gasteiger partial charge < -0.3 is 33.8 Å². The summed E-state index contributed by atoms with van der Waals surface area (Å²) in [6.07, 6.45) is 54.0. The first-order valence-corrected chi connectivity index (χ1v) is 42.0. The number of carbonyl (C=O) groups excluding carboxylic acids is 4. The average Bonchev–Trinajstić information content (AvgIpc) is 1.39. The van der Waals surface area contributed by atoms with E-state index in [0.29, 0.717) is 25.7 Å². The molecule has 6 atom stereocenters. The third-order valence-corrected chi connectivity index (χ3v) is 19.7. The fraction of sp³-hybridized carbons (Fsp3) is 0.947. The molecular formula is C75H146O17P2. The number of hydrogen-bond donors (Lipinski definition) is 3. The zero-order valence-electron chi connectivity index (χ0n) is 61.3. The van der Waals surface area contributed by atoms with E-state index in [1.807, 2.05) is 0 Å². The number of aliphatic hydroxyl groups excluding tert-OH is 1. The van der Waals surface area contributed by atoms with Crippen molar-refractivity contribution in [2.75, 3.05) is 39.6 Å². The maximum absolute atomic E-state index is 13.1. The number of esters is 4. The standard InChI is InChI=1S/C75H146O17P2/c1-7-10-12-14-16-18-20-21-23-27-31-34-38-45-51-57-72(77)85-63-70(91-75(80)60-54-48-40-36-32-28-25-22-24-26-30-33-37-43-49-55-67(4)5)65-89-93(81,82)87-61-69(76)62-88-94(83,84)90-66-71(64-86-73(78)58-52-46-42-41-44-50-56-68(6)9-3)92-74(79)59-53-47-39-35-29-19-17-15-13-11-8-2/h67-71,76H,7-66H2,1-6H3,(H,81,82)(H,83,84)/t68?,69-,70-,71-/m1/s1. The van der Waals surface area contributed by atoms with Crippen molar-refractivity contribution in [2.45, 2.75) is 407 Å². The second kappa shape index (κ2) is 66.9. The molecule has 3 unspecified atom stereocenters. The van der Waals surface area contributed by atoms with Gasteiger partial charge in [0, 0.05) is 25.7 Å². The predicted molar refractivity (Wildman–Crippen MR) is 381 cm³/mol. The normalized spacial score (nSPS) is 14.3. The summed E-state index contributed by atoms with van der Waals surface area (Å²) >= 11 is 0. The molecule has 0 spiro atoms. The van der Waals surface area contributed by atoms with E-state index in [-0.39, 0.29) is 25.7 Å². The van der Waals surface area contributed by atoms with Crippen molar-refractivity contribution in [3.05, 3.63) is 0 Å². The number of carbonyl (C=O) groups is 4. The van der Waals surface area contributed by atoms with Gasteiger partial charge in [-0.3, -0.25) is 37.3 Å². The Morgan fingerprint density at radius 3 is 0.809 bits per heavy atom. The Morgan fingerprint density at radius 1 is 0.309 bits per heavy atom. The van der Waals surface area contributed by atoms with Crippen molar-refractivity contribution in [3.63, 3.8) is 0 Å². The van der Waals surface area contributed by atoms with Crippen LogP contribution in [0, 0.1) is 11.8 Å². The Kier molecular flexibility index (Phi) is 65.5. The van der Waals surface area contributed by atoms with E-state index in [1.54, 1.807) is 0 Å². The van der Waals surface area contributed by atoms with Gasteiger partial charge in [0.05, 0.1) is 26.4 Å². The van der Waals surface area contributed by atoms with Crippen LogP contribution in [-0.4, -0.2) is 96.7 Å². The Morgan fingerprint density at radius 2 is 0.543 bits per heavy atom. The fourth-order valence-corrected chi connectivity index (χ4v) is 13.0. The van der Waals surface area contributed by atoms with Crippen molar-refractivity contribution >= 4 is 39.5 Å². The van der Waals surface area contributed by atoms with Crippen LogP contribution in [0.2, 0.25) is 0 Å². The summed E-state index contributed by atoms with van der Waals surface area (Å²) in [7, 11) is -9.91. The molecule has 19 heteroatoms. The van der Waals surface area contributed by atoms with Crippen LogP contribution < -0.4 is 0 Å². The van der Waals surface area contributed by atoms with Crippen molar-refractivity contribution in [1.82, 2.24) is 0 Å². The minimum absolute atomic E-state index is 0.106. The Bertz CT molecular complexity index is 1820. The lowest BCUT2D eigenvalue weighted by Gasteiger charge is -2.21. The molecule has 0 aliphatic carbocycles. The molecule has 0 rings (SSSR count). The highest BCUT2D eigenvalue weighted by Crippen LogP contribution is 2.45. The van der Waals surface area contributed by atoms with Gasteiger partial charge in [0.2, 0.25) is 0 Å². The number of ether oxygens (including phenoxy) is 4. The van der Waals surface area contributed by atoms with Gasteiger partial charge >= 0.3 is 39.5 Å². The summed E-state index contributed by atoms with van der Waals surface area (Å²) in [5.74, 6) is -0.583. The van der Waals surface area contributed by atoms with Crippen LogP contribution in [0.1, 0.15) is 388 Å².